The second kappa shape index (κ2) is 7.51. The van der Waals surface area contributed by atoms with Crippen LogP contribution in [-0.2, 0) is 16.8 Å². The molecule has 0 aliphatic carbocycles. The molecule has 30 heavy (non-hydrogen) atoms. The maximum absolute atomic E-state index is 12.7. The fraction of sp³-hybridized carbons (Fsp3) is 0.238. The molecule has 4 rings (SSSR count). The number of Topliss-reactive ketones (excluding diaryl/α,β-unsaturated/α-hetero) is 1. The molecule has 1 amide bonds. The Bertz CT molecular complexity index is 1120. The van der Waals surface area contributed by atoms with Gasteiger partial charge in [0, 0.05) is 19.7 Å². The minimum Gasteiger partial charge on any atom is -0.463 e. The van der Waals surface area contributed by atoms with Crippen LogP contribution in [0, 0.1) is 0 Å². The van der Waals surface area contributed by atoms with Gasteiger partial charge in [0.05, 0.1) is 30.8 Å². The van der Waals surface area contributed by atoms with E-state index in [4.69, 9.17) is 10.2 Å². The van der Waals surface area contributed by atoms with Crippen molar-refractivity contribution in [2.45, 2.75) is 25.3 Å². The van der Waals surface area contributed by atoms with Gasteiger partial charge in [-0.25, -0.2) is 15.0 Å². The van der Waals surface area contributed by atoms with Crippen LogP contribution in [0.25, 0.3) is 11.5 Å². The summed E-state index contributed by atoms with van der Waals surface area (Å²) in [5, 5.41) is 0. The number of hydrogen-bond acceptors (Lipinski definition) is 8. The molecule has 1 unspecified atom stereocenters. The first-order valence-electron chi connectivity index (χ1n) is 9.32. The lowest BCUT2D eigenvalue weighted by Gasteiger charge is -2.32. The zero-order chi connectivity index (χ0) is 21.3. The highest BCUT2D eigenvalue weighted by atomic mass is 16.3. The van der Waals surface area contributed by atoms with Crippen LogP contribution in [-0.4, -0.2) is 44.5 Å². The van der Waals surface area contributed by atoms with E-state index in [9.17, 15) is 9.59 Å². The van der Waals surface area contributed by atoms with Crippen LogP contribution in [0.4, 0.5) is 0 Å². The number of carbonyl (C=O) groups excluding carboxylic acids is 2. The van der Waals surface area contributed by atoms with Gasteiger partial charge in [-0.15, -0.1) is 0 Å². The van der Waals surface area contributed by atoms with E-state index in [1.54, 1.807) is 50.7 Å². The maximum atomic E-state index is 12.7. The number of furan rings is 1. The molecule has 152 valence electrons. The quantitative estimate of drug-likeness (QED) is 0.644. The molecule has 1 aliphatic rings. The Morgan fingerprint density at radius 1 is 1.27 bits per heavy atom. The first-order valence-corrected chi connectivity index (χ1v) is 9.32. The number of nitrogens with two attached hydrogens (primary N) is 1. The van der Waals surface area contributed by atoms with E-state index in [2.05, 4.69) is 19.9 Å². The molecule has 4 heterocycles. The molecular weight excluding hydrogens is 384 g/mol. The van der Waals surface area contributed by atoms with Crippen molar-refractivity contribution in [3.05, 3.63) is 66.1 Å². The Kier molecular flexibility index (Phi) is 4.86. The van der Waals surface area contributed by atoms with Crippen LogP contribution in [0.5, 0.6) is 0 Å². The Balaban J connectivity index is 1.53. The molecule has 9 heteroatoms. The van der Waals surface area contributed by atoms with E-state index in [0.717, 1.165) is 5.56 Å². The van der Waals surface area contributed by atoms with Gasteiger partial charge in [-0.1, -0.05) is 0 Å². The molecule has 0 radical (unpaired) electrons. The van der Waals surface area contributed by atoms with Crippen LogP contribution in [0.2, 0.25) is 0 Å². The van der Waals surface area contributed by atoms with E-state index in [-0.39, 0.29) is 36.2 Å². The van der Waals surface area contributed by atoms with Gasteiger partial charge in [-0.2, -0.15) is 0 Å². The van der Waals surface area contributed by atoms with E-state index in [1.807, 2.05) is 0 Å². The smallest absolute Gasteiger partial charge is 0.231 e. The lowest BCUT2D eigenvalue weighted by atomic mass is 9.90. The first kappa shape index (κ1) is 19.4. The zero-order valence-electron chi connectivity index (χ0n) is 16.6. The number of hydrogen-bond donors (Lipinski definition) is 1. The Hall–Kier alpha value is -3.88. The number of ketones is 1. The molecular formula is C21H20N6O3. The van der Waals surface area contributed by atoms with E-state index >= 15 is 0 Å². The van der Waals surface area contributed by atoms with Crippen LogP contribution >= 0.6 is 0 Å². The van der Waals surface area contributed by atoms with Crippen molar-refractivity contribution in [1.82, 2.24) is 19.9 Å². The molecule has 0 spiro atoms. The molecule has 0 saturated heterocycles. The third kappa shape index (κ3) is 3.69. The van der Waals surface area contributed by atoms with Crippen molar-refractivity contribution in [2.24, 2.45) is 10.7 Å². The molecule has 9 nitrogen and oxygen atoms in total. The van der Waals surface area contributed by atoms with Crippen molar-refractivity contribution in [1.29, 1.82) is 0 Å². The number of aromatic nitrogens is 3. The molecule has 1 aliphatic heterocycles. The van der Waals surface area contributed by atoms with Crippen molar-refractivity contribution in [3.63, 3.8) is 0 Å². The average Bonchev–Trinajstić information content (AvgIpc) is 3.27. The number of nitrogens with zero attached hydrogens (tertiary/aromatic N) is 5. The van der Waals surface area contributed by atoms with Crippen LogP contribution in [0.3, 0.4) is 0 Å². The van der Waals surface area contributed by atoms with Gasteiger partial charge in [0.15, 0.2) is 17.5 Å². The molecule has 0 fully saturated rings. The summed E-state index contributed by atoms with van der Waals surface area (Å²) in [6.07, 6.45) is 6.36. The van der Waals surface area contributed by atoms with Crippen molar-refractivity contribution in [2.75, 3.05) is 7.05 Å². The van der Waals surface area contributed by atoms with Gasteiger partial charge >= 0.3 is 0 Å². The van der Waals surface area contributed by atoms with Crippen LogP contribution in [0.1, 0.15) is 35.1 Å². The second-order valence-electron chi connectivity index (χ2n) is 7.29. The Morgan fingerprint density at radius 3 is 2.77 bits per heavy atom. The van der Waals surface area contributed by atoms with Crippen molar-refractivity contribution in [3.8, 4) is 11.5 Å². The molecule has 0 bridgehead atoms. The third-order valence-electron chi connectivity index (χ3n) is 5.03. The number of rotatable bonds is 5. The minimum absolute atomic E-state index is 0.118. The highest BCUT2D eigenvalue weighted by molar-refractivity contribution is 5.98. The summed E-state index contributed by atoms with van der Waals surface area (Å²) in [4.78, 5) is 43.5. The first-order chi connectivity index (χ1) is 14.4. The minimum atomic E-state index is -0.878. The van der Waals surface area contributed by atoms with Crippen molar-refractivity contribution >= 4 is 17.6 Å². The fourth-order valence-corrected chi connectivity index (χ4v) is 3.23. The number of carbonyl (C=O) groups is 2. The standard InChI is InChI=1S/C21H20N6O3/c1-21(10-19(29)27(2)20(22)26-21)18-9-13(5-6-23-18)8-16(28)14-11-25-15(12-24-14)17-4-3-7-30-17/h3-7,9,11-12H,8,10H2,1-2H3,(H2,22,26). The predicted octanol–water partition coefficient (Wildman–Crippen LogP) is 1.95. The van der Waals surface area contributed by atoms with E-state index < -0.39 is 5.54 Å². The van der Waals surface area contributed by atoms with Gasteiger partial charge in [0.25, 0.3) is 0 Å². The normalized spacial score (nSPS) is 18.9. The summed E-state index contributed by atoms with van der Waals surface area (Å²) in [5.74, 6) is 0.406. The predicted molar refractivity (Wildman–Crippen MR) is 108 cm³/mol. The largest absolute Gasteiger partial charge is 0.463 e. The highest BCUT2D eigenvalue weighted by Gasteiger charge is 2.37. The maximum Gasteiger partial charge on any atom is 0.231 e. The second-order valence-corrected chi connectivity index (χ2v) is 7.29. The van der Waals surface area contributed by atoms with Gasteiger partial charge in [0.2, 0.25) is 5.91 Å². The monoisotopic (exact) mass is 404 g/mol. The van der Waals surface area contributed by atoms with E-state index in [0.29, 0.717) is 17.1 Å². The summed E-state index contributed by atoms with van der Waals surface area (Å²) in [5.41, 5.74) is 7.13. The zero-order valence-corrected chi connectivity index (χ0v) is 16.6. The molecule has 2 N–H and O–H groups in total. The van der Waals surface area contributed by atoms with Gasteiger partial charge in [-0.3, -0.25) is 19.5 Å². The van der Waals surface area contributed by atoms with Crippen molar-refractivity contribution < 1.29 is 14.0 Å². The summed E-state index contributed by atoms with van der Waals surface area (Å²) >= 11 is 0. The van der Waals surface area contributed by atoms with E-state index in [1.165, 1.54) is 17.3 Å². The third-order valence-corrected chi connectivity index (χ3v) is 5.03. The summed E-state index contributed by atoms with van der Waals surface area (Å²) in [7, 11) is 1.58. The summed E-state index contributed by atoms with van der Waals surface area (Å²) < 4.78 is 5.28. The lowest BCUT2D eigenvalue weighted by Crippen LogP contribution is -2.47. The Morgan fingerprint density at radius 2 is 2.10 bits per heavy atom. The number of pyridine rings is 1. The van der Waals surface area contributed by atoms with Gasteiger partial charge < -0.3 is 10.2 Å². The molecule has 1 atom stereocenters. The highest BCUT2D eigenvalue weighted by Crippen LogP contribution is 2.32. The topological polar surface area (TPSA) is 128 Å². The fourth-order valence-electron chi connectivity index (χ4n) is 3.23. The Labute approximate surface area is 172 Å². The van der Waals surface area contributed by atoms with Crippen LogP contribution in [0.15, 0.2) is 58.5 Å². The van der Waals surface area contributed by atoms with Gasteiger partial charge in [0.1, 0.15) is 16.9 Å². The SMILES string of the molecule is CN1C(=O)CC(C)(c2cc(CC(=O)c3cnc(-c4ccco4)cn3)ccn2)N=C1N. The molecule has 0 saturated carbocycles. The number of amides is 1. The number of aliphatic imine (C=N–C) groups is 1. The molecule has 3 aromatic rings. The van der Waals surface area contributed by atoms with Crippen LogP contribution < -0.4 is 5.73 Å². The molecule has 3 aromatic heterocycles. The lowest BCUT2D eigenvalue weighted by molar-refractivity contribution is -0.128. The number of guanidine groups is 1. The van der Waals surface area contributed by atoms with Gasteiger partial charge in [-0.05, 0) is 36.8 Å². The summed E-state index contributed by atoms with van der Waals surface area (Å²) in [6.45, 7) is 1.80. The average molecular weight is 404 g/mol. The summed E-state index contributed by atoms with van der Waals surface area (Å²) in [6, 6.07) is 7.05. The molecule has 0 aromatic carbocycles.